The molecular formula is C17H16. The summed E-state index contributed by atoms with van der Waals surface area (Å²) in [5.74, 6) is 0. The van der Waals surface area contributed by atoms with E-state index in [-0.39, 0.29) is 0 Å². The Kier molecular flexibility index (Phi) is 3.93. The quantitative estimate of drug-likeness (QED) is 0.651. The predicted octanol–water partition coefficient (Wildman–Crippen LogP) is 4.80. The first-order chi connectivity index (χ1) is 8.34. The minimum Gasteiger partial charge on any atom is -0.0622 e. The number of hydrogen-bond acceptors (Lipinski definition) is 0. The van der Waals surface area contributed by atoms with E-state index < -0.39 is 0 Å². The molecule has 0 radical (unpaired) electrons. The van der Waals surface area contributed by atoms with E-state index in [0.29, 0.717) is 0 Å². The summed E-state index contributed by atoms with van der Waals surface area (Å²) < 4.78 is 0. The Morgan fingerprint density at radius 1 is 0.765 bits per heavy atom. The average molecular weight is 220 g/mol. The highest BCUT2D eigenvalue weighted by Crippen LogP contribution is 2.09. The van der Waals surface area contributed by atoms with Crippen LogP contribution >= 0.6 is 0 Å². The van der Waals surface area contributed by atoms with E-state index in [1.54, 1.807) is 0 Å². The lowest BCUT2D eigenvalue weighted by atomic mass is 10.1. The van der Waals surface area contributed by atoms with Crippen LogP contribution in [0.1, 0.15) is 18.1 Å². The molecule has 0 spiro atoms. The van der Waals surface area contributed by atoms with Crippen LogP contribution in [0, 0.1) is 0 Å². The van der Waals surface area contributed by atoms with E-state index >= 15 is 0 Å². The standard InChI is InChI=1S/C17H16/c1-15(14-17-10-6-3-7-11-17)12-13-16-8-4-2-5-9-16/h2-14H,1H3/b13-12+,15-14-. The van der Waals surface area contributed by atoms with Gasteiger partial charge in [0.05, 0.1) is 0 Å². The molecule has 0 fully saturated rings. The molecule has 0 saturated carbocycles. The van der Waals surface area contributed by atoms with Gasteiger partial charge in [-0.3, -0.25) is 0 Å². The van der Waals surface area contributed by atoms with Crippen molar-refractivity contribution in [1.29, 1.82) is 0 Å². The molecule has 2 aromatic carbocycles. The molecule has 0 unspecified atom stereocenters. The maximum Gasteiger partial charge on any atom is -0.0254 e. The maximum absolute atomic E-state index is 2.18. The Balaban J connectivity index is 2.09. The van der Waals surface area contributed by atoms with Gasteiger partial charge in [-0.05, 0) is 18.1 Å². The second-order valence-electron chi connectivity index (χ2n) is 4.04. The maximum atomic E-state index is 2.18. The van der Waals surface area contributed by atoms with Crippen molar-refractivity contribution in [3.8, 4) is 0 Å². The van der Waals surface area contributed by atoms with Gasteiger partial charge in [0.2, 0.25) is 0 Å². The third-order valence-electron chi connectivity index (χ3n) is 2.53. The predicted molar refractivity (Wildman–Crippen MR) is 75.6 cm³/mol. The van der Waals surface area contributed by atoms with Gasteiger partial charge in [-0.15, -0.1) is 0 Å². The van der Waals surface area contributed by atoms with Crippen LogP contribution in [0.2, 0.25) is 0 Å². The third-order valence-corrected chi connectivity index (χ3v) is 2.53. The van der Waals surface area contributed by atoms with Crippen LogP contribution in [0.15, 0.2) is 72.3 Å². The van der Waals surface area contributed by atoms with Crippen LogP contribution < -0.4 is 0 Å². The zero-order valence-corrected chi connectivity index (χ0v) is 10.0. The number of allylic oxidation sites excluding steroid dienone is 2. The van der Waals surface area contributed by atoms with Crippen LogP contribution in [0.4, 0.5) is 0 Å². The summed E-state index contributed by atoms with van der Waals surface area (Å²) in [4.78, 5) is 0. The van der Waals surface area contributed by atoms with Gasteiger partial charge in [-0.1, -0.05) is 84.5 Å². The van der Waals surface area contributed by atoms with Crippen LogP contribution in [-0.4, -0.2) is 0 Å². The lowest BCUT2D eigenvalue weighted by molar-refractivity contribution is 1.55. The first-order valence-electron chi connectivity index (χ1n) is 5.81. The van der Waals surface area contributed by atoms with Crippen molar-refractivity contribution in [2.75, 3.05) is 0 Å². The van der Waals surface area contributed by atoms with Gasteiger partial charge >= 0.3 is 0 Å². The lowest BCUT2D eigenvalue weighted by Gasteiger charge is -1.95. The molecule has 0 atom stereocenters. The fourth-order valence-electron chi connectivity index (χ4n) is 1.65. The molecule has 0 heterocycles. The van der Waals surface area contributed by atoms with Crippen molar-refractivity contribution < 1.29 is 0 Å². The molecule has 0 amide bonds. The van der Waals surface area contributed by atoms with E-state index in [9.17, 15) is 0 Å². The van der Waals surface area contributed by atoms with E-state index in [1.165, 1.54) is 16.7 Å². The summed E-state index contributed by atoms with van der Waals surface area (Å²) in [5.41, 5.74) is 3.72. The summed E-state index contributed by atoms with van der Waals surface area (Å²) in [6.07, 6.45) is 6.45. The van der Waals surface area contributed by atoms with E-state index in [1.807, 2.05) is 12.1 Å². The summed E-state index contributed by atoms with van der Waals surface area (Å²) in [7, 11) is 0. The van der Waals surface area contributed by atoms with Gasteiger partial charge in [0, 0.05) is 0 Å². The largest absolute Gasteiger partial charge is 0.0622 e. The Bertz CT molecular complexity index is 504. The summed E-state index contributed by atoms with van der Waals surface area (Å²) >= 11 is 0. The molecule has 2 rings (SSSR count). The van der Waals surface area contributed by atoms with E-state index in [0.717, 1.165) is 0 Å². The second kappa shape index (κ2) is 5.86. The Morgan fingerprint density at radius 2 is 1.29 bits per heavy atom. The monoisotopic (exact) mass is 220 g/mol. The fourth-order valence-corrected chi connectivity index (χ4v) is 1.65. The molecule has 0 aliphatic carbocycles. The highest BCUT2D eigenvalue weighted by atomic mass is 13.9. The van der Waals surface area contributed by atoms with E-state index in [2.05, 4.69) is 73.7 Å². The number of rotatable bonds is 3. The summed E-state index contributed by atoms with van der Waals surface area (Å²) in [6.45, 7) is 2.12. The molecule has 17 heavy (non-hydrogen) atoms. The number of hydrogen-bond donors (Lipinski definition) is 0. The van der Waals surface area contributed by atoms with Crippen LogP contribution in [0.3, 0.4) is 0 Å². The van der Waals surface area contributed by atoms with Gasteiger partial charge in [-0.25, -0.2) is 0 Å². The van der Waals surface area contributed by atoms with Gasteiger partial charge < -0.3 is 0 Å². The zero-order chi connectivity index (χ0) is 11.9. The van der Waals surface area contributed by atoms with Crippen molar-refractivity contribution in [2.45, 2.75) is 6.92 Å². The SMILES string of the molecule is CC(=C/c1ccccc1)/C=C/c1ccccc1. The van der Waals surface area contributed by atoms with Gasteiger partial charge in [0.15, 0.2) is 0 Å². The van der Waals surface area contributed by atoms with Crippen LogP contribution in [-0.2, 0) is 0 Å². The minimum atomic E-state index is 1.23. The second-order valence-corrected chi connectivity index (χ2v) is 4.04. The van der Waals surface area contributed by atoms with Gasteiger partial charge in [0.25, 0.3) is 0 Å². The molecular weight excluding hydrogens is 204 g/mol. The molecule has 0 aliphatic heterocycles. The highest BCUT2D eigenvalue weighted by Gasteiger charge is 1.87. The average Bonchev–Trinajstić information content (AvgIpc) is 2.39. The molecule has 0 N–H and O–H groups in total. The smallest absolute Gasteiger partial charge is 0.0254 e. The van der Waals surface area contributed by atoms with E-state index in [4.69, 9.17) is 0 Å². The molecule has 0 heteroatoms. The van der Waals surface area contributed by atoms with Crippen LogP contribution in [0.25, 0.3) is 12.2 Å². The van der Waals surface area contributed by atoms with Crippen molar-refractivity contribution in [3.63, 3.8) is 0 Å². The van der Waals surface area contributed by atoms with Crippen molar-refractivity contribution in [1.82, 2.24) is 0 Å². The lowest BCUT2D eigenvalue weighted by Crippen LogP contribution is -1.73. The Hall–Kier alpha value is -2.08. The van der Waals surface area contributed by atoms with Gasteiger partial charge in [0.1, 0.15) is 0 Å². The minimum absolute atomic E-state index is 1.23. The molecule has 2 aromatic rings. The molecule has 84 valence electrons. The fraction of sp³-hybridized carbons (Fsp3) is 0.0588. The van der Waals surface area contributed by atoms with Crippen molar-refractivity contribution >= 4 is 12.2 Å². The normalized spacial score (nSPS) is 11.9. The molecule has 0 aliphatic rings. The van der Waals surface area contributed by atoms with Crippen molar-refractivity contribution in [2.24, 2.45) is 0 Å². The first kappa shape index (κ1) is 11.4. The molecule has 0 aromatic heterocycles. The first-order valence-corrected chi connectivity index (χ1v) is 5.81. The Labute approximate surface area is 103 Å². The molecule has 0 bridgehead atoms. The summed E-state index contributed by atoms with van der Waals surface area (Å²) in [5, 5.41) is 0. The molecule has 0 saturated heterocycles. The third kappa shape index (κ3) is 3.76. The number of benzene rings is 2. The zero-order valence-electron chi connectivity index (χ0n) is 10.0. The van der Waals surface area contributed by atoms with Gasteiger partial charge in [-0.2, -0.15) is 0 Å². The topological polar surface area (TPSA) is 0 Å². The summed E-state index contributed by atoms with van der Waals surface area (Å²) in [6, 6.07) is 20.7. The highest BCUT2D eigenvalue weighted by molar-refractivity contribution is 5.60. The van der Waals surface area contributed by atoms with Crippen molar-refractivity contribution in [3.05, 3.63) is 83.4 Å². The molecule has 0 nitrogen and oxygen atoms in total. The Morgan fingerprint density at radius 3 is 1.88 bits per heavy atom. The van der Waals surface area contributed by atoms with Crippen LogP contribution in [0.5, 0.6) is 0 Å².